The number of rotatable bonds is 1. The van der Waals surface area contributed by atoms with Crippen LogP contribution in [0.5, 0.6) is 0 Å². The molecule has 0 saturated heterocycles. The minimum absolute atomic E-state index is 0.0161. The highest BCUT2D eigenvalue weighted by atomic mass is 16.1. The van der Waals surface area contributed by atoms with Gasteiger partial charge in [-0.15, -0.1) is 0 Å². The fourth-order valence-corrected chi connectivity index (χ4v) is 2.58. The van der Waals surface area contributed by atoms with Gasteiger partial charge in [0.1, 0.15) is 0 Å². The van der Waals surface area contributed by atoms with Crippen molar-refractivity contribution >= 4 is 0 Å². The van der Waals surface area contributed by atoms with Gasteiger partial charge in [0, 0.05) is 17.8 Å². The standard InChI is InChI=1S/C12H18N2O/c1-7-3-8(2)11-9(4-7)5-10(6-13)12(15)14-11/h5,7-8H,3-4,6,13H2,1-2H3,(H,14,15). The van der Waals surface area contributed by atoms with Crippen LogP contribution in [0.3, 0.4) is 0 Å². The van der Waals surface area contributed by atoms with Gasteiger partial charge >= 0.3 is 0 Å². The van der Waals surface area contributed by atoms with Gasteiger partial charge in [-0.3, -0.25) is 4.79 Å². The van der Waals surface area contributed by atoms with Crippen molar-refractivity contribution in [1.29, 1.82) is 0 Å². The van der Waals surface area contributed by atoms with Crippen LogP contribution in [-0.4, -0.2) is 4.98 Å². The molecule has 2 rings (SSSR count). The van der Waals surface area contributed by atoms with E-state index in [2.05, 4.69) is 18.8 Å². The number of hydrogen-bond acceptors (Lipinski definition) is 2. The van der Waals surface area contributed by atoms with Crippen LogP contribution in [0, 0.1) is 5.92 Å². The summed E-state index contributed by atoms with van der Waals surface area (Å²) in [6.07, 6.45) is 2.22. The Labute approximate surface area is 89.7 Å². The summed E-state index contributed by atoms with van der Waals surface area (Å²) in [5.74, 6) is 1.16. The summed E-state index contributed by atoms with van der Waals surface area (Å²) in [6, 6.07) is 1.99. The number of aromatic nitrogens is 1. The fourth-order valence-electron chi connectivity index (χ4n) is 2.58. The molecule has 1 aromatic rings. The van der Waals surface area contributed by atoms with E-state index in [1.165, 1.54) is 5.56 Å². The lowest BCUT2D eigenvalue weighted by atomic mass is 9.81. The van der Waals surface area contributed by atoms with Crippen LogP contribution in [0.1, 0.15) is 43.0 Å². The molecule has 3 heteroatoms. The zero-order valence-corrected chi connectivity index (χ0v) is 9.34. The number of nitrogens with two attached hydrogens (primary N) is 1. The average Bonchev–Trinajstić information content (AvgIpc) is 2.18. The summed E-state index contributed by atoms with van der Waals surface area (Å²) in [7, 11) is 0. The van der Waals surface area contributed by atoms with Gasteiger partial charge in [0.15, 0.2) is 0 Å². The van der Waals surface area contributed by atoms with E-state index in [9.17, 15) is 4.79 Å². The molecule has 1 aromatic heterocycles. The maximum absolute atomic E-state index is 11.6. The topological polar surface area (TPSA) is 58.9 Å². The van der Waals surface area contributed by atoms with E-state index in [0.29, 0.717) is 23.9 Å². The van der Waals surface area contributed by atoms with Gasteiger partial charge in [-0.2, -0.15) is 0 Å². The van der Waals surface area contributed by atoms with E-state index in [1.807, 2.05) is 6.07 Å². The van der Waals surface area contributed by atoms with Gasteiger partial charge in [0.2, 0.25) is 0 Å². The molecular weight excluding hydrogens is 188 g/mol. The maximum atomic E-state index is 11.6. The normalized spacial score (nSPS) is 25.0. The maximum Gasteiger partial charge on any atom is 0.252 e. The monoisotopic (exact) mass is 206 g/mol. The van der Waals surface area contributed by atoms with Crippen LogP contribution >= 0.6 is 0 Å². The van der Waals surface area contributed by atoms with Crippen LogP contribution in [0.2, 0.25) is 0 Å². The lowest BCUT2D eigenvalue weighted by molar-refractivity contribution is 0.440. The summed E-state index contributed by atoms with van der Waals surface area (Å²) in [6.45, 7) is 4.75. The van der Waals surface area contributed by atoms with Crippen molar-refractivity contribution in [2.24, 2.45) is 11.7 Å². The third kappa shape index (κ3) is 1.84. The lowest BCUT2D eigenvalue weighted by Gasteiger charge is -2.27. The molecule has 2 atom stereocenters. The van der Waals surface area contributed by atoms with Crippen molar-refractivity contribution in [3.63, 3.8) is 0 Å². The summed E-state index contributed by atoms with van der Waals surface area (Å²) in [5.41, 5.74) is 8.62. The Morgan fingerprint density at radius 1 is 1.53 bits per heavy atom. The molecule has 0 radical (unpaired) electrons. The molecule has 0 amide bonds. The Morgan fingerprint density at radius 3 is 2.93 bits per heavy atom. The number of pyridine rings is 1. The molecule has 0 saturated carbocycles. The smallest absolute Gasteiger partial charge is 0.252 e. The first kappa shape index (κ1) is 10.4. The first-order chi connectivity index (χ1) is 7.11. The van der Waals surface area contributed by atoms with Crippen molar-refractivity contribution in [3.8, 4) is 0 Å². The first-order valence-corrected chi connectivity index (χ1v) is 5.56. The van der Waals surface area contributed by atoms with Crippen LogP contribution in [-0.2, 0) is 13.0 Å². The molecule has 0 aromatic carbocycles. The predicted molar refractivity (Wildman–Crippen MR) is 60.9 cm³/mol. The van der Waals surface area contributed by atoms with Crippen molar-refractivity contribution in [2.45, 2.75) is 39.2 Å². The Hall–Kier alpha value is -1.09. The van der Waals surface area contributed by atoms with Crippen LogP contribution < -0.4 is 11.3 Å². The number of hydrogen-bond donors (Lipinski definition) is 2. The van der Waals surface area contributed by atoms with Gasteiger partial charge in [-0.1, -0.05) is 13.8 Å². The van der Waals surface area contributed by atoms with E-state index >= 15 is 0 Å². The molecule has 0 spiro atoms. The van der Waals surface area contributed by atoms with Gasteiger partial charge in [0.25, 0.3) is 5.56 Å². The van der Waals surface area contributed by atoms with Crippen LogP contribution in [0.15, 0.2) is 10.9 Å². The molecule has 3 nitrogen and oxygen atoms in total. The van der Waals surface area contributed by atoms with E-state index in [4.69, 9.17) is 5.73 Å². The molecule has 0 fully saturated rings. The lowest BCUT2D eigenvalue weighted by Crippen LogP contribution is -2.24. The van der Waals surface area contributed by atoms with Gasteiger partial charge < -0.3 is 10.7 Å². The predicted octanol–water partition coefficient (Wildman–Crippen LogP) is 1.52. The number of H-pyrrole nitrogens is 1. The minimum Gasteiger partial charge on any atom is -0.326 e. The molecule has 0 aliphatic heterocycles. The van der Waals surface area contributed by atoms with E-state index < -0.39 is 0 Å². The molecule has 1 aliphatic rings. The third-order valence-electron chi connectivity index (χ3n) is 3.27. The molecule has 1 aliphatic carbocycles. The highest BCUT2D eigenvalue weighted by Crippen LogP contribution is 2.32. The Kier molecular flexibility index (Phi) is 2.65. The van der Waals surface area contributed by atoms with Crippen LogP contribution in [0.4, 0.5) is 0 Å². The highest BCUT2D eigenvalue weighted by Gasteiger charge is 2.22. The SMILES string of the molecule is CC1Cc2cc(CN)c(=O)[nH]c2C(C)C1. The average molecular weight is 206 g/mol. The Bertz CT molecular complexity index is 422. The third-order valence-corrected chi connectivity index (χ3v) is 3.27. The summed E-state index contributed by atoms with van der Waals surface area (Å²) >= 11 is 0. The summed E-state index contributed by atoms with van der Waals surface area (Å²) in [4.78, 5) is 14.6. The Balaban J connectivity index is 2.52. The zero-order chi connectivity index (χ0) is 11.0. The zero-order valence-electron chi connectivity index (χ0n) is 9.34. The van der Waals surface area contributed by atoms with Crippen molar-refractivity contribution in [2.75, 3.05) is 0 Å². The van der Waals surface area contributed by atoms with Crippen molar-refractivity contribution in [3.05, 3.63) is 33.2 Å². The second-order valence-corrected chi connectivity index (χ2v) is 4.71. The Morgan fingerprint density at radius 2 is 2.27 bits per heavy atom. The number of aromatic amines is 1. The van der Waals surface area contributed by atoms with Crippen molar-refractivity contribution in [1.82, 2.24) is 4.98 Å². The second kappa shape index (κ2) is 3.81. The fraction of sp³-hybridized carbons (Fsp3) is 0.583. The quantitative estimate of drug-likeness (QED) is 0.732. The summed E-state index contributed by atoms with van der Waals surface area (Å²) < 4.78 is 0. The largest absolute Gasteiger partial charge is 0.326 e. The van der Waals surface area contributed by atoms with Gasteiger partial charge in [0.05, 0.1) is 0 Å². The number of fused-ring (bicyclic) bond motifs is 1. The molecule has 15 heavy (non-hydrogen) atoms. The minimum atomic E-state index is -0.0161. The van der Waals surface area contributed by atoms with Crippen LogP contribution in [0.25, 0.3) is 0 Å². The summed E-state index contributed by atoms with van der Waals surface area (Å²) in [5, 5.41) is 0. The molecular formula is C12H18N2O. The molecule has 0 bridgehead atoms. The van der Waals surface area contributed by atoms with E-state index in [1.54, 1.807) is 0 Å². The molecule has 1 heterocycles. The highest BCUT2D eigenvalue weighted by molar-refractivity contribution is 5.30. The van der Waals surface area contributed by atoms with Gasteiger partial charge in [-0.05, 0) is 36.3 Å². The van der Waals surface area contributed by atoms with E-state index in [-0.39, 0.29) is 5.56 Å². The number of nitrogens with one attached hydrogen (secondary N) is 1. The molecule has 2 unspecified atom stereocenters. The van der Waals surface area contributed by atoms with Crippen molar-refractivity contribution < 1.29 is 0 Å². The first-order valence-electron chi connectivity index (χ1n) is 5.56. The second-order valence-electron chi connectivity index (χ2n) is 4.71. The molecule has 82 valence electrons. The molecule has 3 N–H and O–H groups in total. The van der Waals surface area contributed by atoms with E-state index in [0.717, 1.165) is 18.5 Å². The van der Waals surface area contributed by atoms with Gasteiger partial charge in [-0.25, -0.2) is 0 Å².